The van der Waals surface area contributed by atoms with Gasteiger partial charge in [-0.15, -0.1) is 0 Å². The lowest BCUT2D eigenvalue weighted by atomic mass is 10.0. The van der Waals surface area contributed by atoms with E-state index in [0.29, 0.717) is 12.2 Å². The van der Waals surface area contributed by atoms with E-state index in [4.69, 9.17) is 0 Å². The molecular formula is C13H21N3O2S. The number of hydrogen-bond donors (Lipinski definition) is 3. The minimum Gasteiger partial charge on any atom is -0.385 e. The Hall–Kier alpha value is -1.27. The monoisotopic (exact) mass is 283 g/mol. The Kier molecular flexibility index (Phi) is 4.31. The third-order valence-electron chi connectivity index (χ3n) is 2.98. The highest BCUT2D eigenvalue weighted by atomic mass is 32.2. The topological polar surface area (TPSA) is 70.2 Å². The third kappa shape index (κ3) is 4.11. The molecule has 19 heavy (non-hydrogen) atoms. The Bertz CT molecular complexity index is 541. The Morgan fingerprint density at radius 1 is 1.37 bits per heavy atom. The van der Waals surface area contributed by atoms with Gasteiger partial charge >= 0.3 is 0 Å². The van der Waals surface area contributed by atoms with Crippen molar-refractivity contribution >= 4 is 21.6 Å². The lowest BCUT2D eigenvalue weighted by Crippen LogP contribution is -2.32. The second kappa shape index (κ2) is 5.79. The highest BCUT2D eigenvalue weighted by molar-refractivity contribution is 7.90. The van der Waals surface area contributed by atoms with Crippen LogP contribution in [-0.4, -0.2) is 21.5 Å². The molecule has 1 aliphatic rings. The summed E-state index contributed by atoms with van der Waals surface area (Å²) in [5.74, 6) is 0.279. The minimum absolute atomic E-state index is 0.279. The molecule has 0 spiro atoms. The molecule has 1 aliphatic heterocycles. The van der Waals surface area contributed by atoms with Crippen LogP contribution in [0.5, 0.6) is 0 Å². The molecule has 0 saturated heterocycles. The van der Waals surface area contributed by atoms with Crippen LogP contribution in [0.25, 0.3) is 0 Å². The van der Waals surface area contributed by atoms with Crippen LogP contribution < -0.4 is 14.8 Å². The molecule has 0 bridgehead atoms. The predicted octanol–water partition coefficient (Wildman–Crippen LogP) is 1.95. The van der Waals surface area contributed by atoms with Crippen molar-refractivity contribution < 1.29 is 8.42 Å². The van der Waals surface area contributed by atoms with E-state index in [0.717, 1.165) is 25.1 Å². The summed E-state index contributed by atoms with van der Waals surface area (Å²) in [6.07, 6.45) is 2.16. The zero-order valence-corrected chi connectivity index (χ0v) is 12.2. The molecule has 0 unspecified atom stereocenters. The first-order valence-electron chi connectivity index (χ1n) is 6.60. The van der Waals surface area contributed by atoms with Crippen molar-refractivity contribution in [1.82, 2.24) is 4.72 Å². The number of nitrogens with one attached hydrogen (secondary N) is 3. The van der Waals surface area contributed by atoms with E-state index in [2.05, 4.69) is 14.8 Å². The molecule has 5 nitrogen and oxygen atoms in total. The van der Waals surface area contributed by atoms with Gasteiger partial charge in [-0.3, -0.25) is 4.72 Å². The van der Waals surface area contributed by atoms with Gasteiger partial charge in [0.15, 0.2) is 0 Å². The number of benzene rings is 1. The Labute approximate surface area is 115 Å². The first-order valence-corrected chi connectivity index (χ1v) is 8.09. The average molecular weight is 283 g/mol. The molecule has 0 atom stereocenters. The highest BCUT2D eigenvalue weighted by Crippen LogP contribution is 2.25. The fourth-order valence-corrected chi connectivity index (χ4v) is 3.05. The zero-order chi connectivity index (χ0) is 13.9. The van der Waals surface area contributed by atoms with Crippen LogP contribution in [0.1, 0.15) is 25.8 Å². The number of aryl methyl sites for hydroxylation is 1. The van der Waals surface area contributed by atoms with Crippen LogP contribution in [0, 0.1) is 5.92 Å². The quantitative estimate of drug-likeness (QED) is 0.773. The van der Waals surface area contributed by atoms with Crippen LogP contribution in [0.2, 0.25) is 0 Å². The van der Waals surface area contributed by atoms with Gasteiger partial charge in [-0.25, -0.2) is 0 Å². The van der Waals surface area contributed by atoms with Crippen molar-refractivity contribution in [3.05, 3.63) is 23.8 Å². The maximum atomic E-state index is 11.8. The van der Waals surface area contributed by atoms with Crippen LogP contribution in [0.15, 0.2) is 18.2 Å². The van der Waals surface area contributed by atoms with E-state index in [1.54, 1.807) is 6.07 Å². The SMILES string of the molecule is CC(C)CNS(=O)(=O)Nc1ccc2c(c1)NCCC2. The highest BCUT2D eigenvalue weighted by Gasteiger charge is 2.13. The number of fused-ring (bicyclic) bond motifs is 1. The van der Waals surface area contributed by atoms with Gasteiger partial charge < -0.3 is 5.32 Å². The van der Waals surface area contributed by atoms with E-state index >= 15 is 0 Å². The normalized spacial score (nSPS) is 14.9. The fraction of sp³-hybridized carbons (Fsp3) is 0.538. The maximum absolute atomic E-state index is 11.8. The van der Waals surface area contributed by atoms with Gasteiger partial charge in [0, 0.05) is 18.8 Å². The second-order valence-corrected chi connectivity index (χ2v) is 6.75. The molecule has 2 rings (SSSR count). The van der Waals surface area contributed by atoms with E-state index < -0.39 is 10.2 Å². The third-order valence-corrected chi connectivity index (χ3v) is 4.03. The average Bonchev–Trinajstić information content (AvgIpc) is 2.36. The molecule has 0 aromatic heterocycles. The molecule has 1 aromatic carbocycles. The lowest BCUT2D eigenvalue weighted by Gasteiger charge is -2.19. The Morgan fingerprint density at radius 3 is 2.89 bits per heavy atom. The van der Waals surface area contributed by atoms with Gasteiger partial charge in [0.1, 0.15) is 0 Å². The van der Waals surface area contributed by atoms with Crippen molar-refractivity contribution in [3.8, 4) is 0 Å². The number of rotatable bonds is 5. The zero-order valence-electron chi connectivity index (χ0n) is 11.4. The van der Waals surface area contributed by atoms with Gasteiger partial charge in [-0.2, -0.15) is 13.1 Å². The number of anilines is 2. The Morgan fingerprint density at radius 2 is 2.16 bits per heavy atom. The summed E-state index contributed by atoms with van der Waals surface area (Å²) in [6.45, 7) is 5.30. The van der Waals surface area contributed by atoms with Crippen molar-refractivity contribution in [2.45, 2.75) is 26.7 Å². The summed E-state index contributed by atoms with van der Waals surface area (Å²) in [4.78, 5) is 0. The van der Waals surface area contributed by atoms with Gasteiger partial charge in [0.25, 0.3) is 10.2 Å². The standard InChI is InChI=1S/C13H21N3O2S/c1-10(2)9-15-19(17,18)16-12-6-5-11-4-3-7-14-13(11)8-12/h5-6,8,10,14-16H,3-4,7,9H2,1-2H3. The number of hydrogen-bond acceptors (Lipinski definition) is 3. The fourth-order valence-electron chi connectivity index (χ4n) is 1.99. The van der Waals surface area contributed by atoms with Gasteiger partial charge in [0.05, 0.1) is 5.69 Å². The molecule has 1 heterocycles. The molecule has 0 aliphatic carbocycles. The summed E-state index contributed by atoms with van der Waals surface area (Å²) >= 11 is 0. The molecule has 0 fully saturated rings. The van der Waals surface area contributed by atoms with Crippen molar-refractivity contribution in [2.75, 3.05) is 23.1 Å². The van der Waals surface area contributed by atoms with Crippen molar-refractivity contribution in [1.29, 1.82) is 0 Å². The first-order chi connectivity index (χ1) is 8.96. The van der Waals surface area contributed by atoms with E-state index in [1.165, 1.54) is 5.56 Å². The first kappa shape index (κ1) is 14.1. The summed E-state index contributed by atoms with van der Waals surface area (Å²) in [5.41, 5.74) is 2.85. The Balaban J connectivity index is 2.06. The molecule has 106 valence electrons. The van der Waals surface area contributed by atoms with Crippen LogP contribution >= 0.6 is 0 Å². The van der Waals surface area contributed by atoms with Crippen LogP contribution in [0.4, 0.5) is 11.4 Å². The maximum Gasteiger partial charge on any atom is 0.299 e. The molecule has 1 aromatic rings. The van der Waals surface area contributed by atoms with Crippen LogP contribution in [-0.2, 0) is 16.6 Å². The summed E-state index contributed by atoms with van der Waals surface area (Å²) < 4.78 is 28.7. The largest absolute Gasteiger partial charge is 0.385 e. The van der Waals surface area contributed by atoms with Gasteiger partial charge in [-0.05, 0) is 36.5 Å². The van der Waals surface area contributed by atoms with E-state index in [1.807, 2.05) is 26.0 Å². The summed E-state index contributed by atoms with van der Waals surface area (Å²) in [7, 11) is -3.48. The molecule has 3 N–H and O–H groups in total. The lowest BCUT2D eigenvalue weighted by molar-refractivity contribution is 0.565. The molecule has 0 saturated carbocycles. The summed E-state index contributed by atoms with van der Waals surface area (Å²) in [6, 6.07) is 5.63. The second-order valence-electron chi connectivity index (χ2n) is 5.25. The van der Waals surface area contributed by atoms with Crippen molar-refractivity contribution in [3.63, 3.8) is 0 Å². The molecular weight excluding hydrogens is 262 g/mol. The molecule has 0 amide bonds. The van der Waals surface area contributed by atoms with E-state index in [-0.39, 0.29) is 5.92 Å². The van der Waals surface area contributed by atoms with Crippen molar-refractivity contribution in [2.24, 2.45) is 5.92 Å². The van der Waals surface area contributed by atoms with E-state index in [9.17, 15) is 8.42 Å². The van der Waals surface area contributed by atoms with Gasteiger partial charge in [0.2, 0.25) is 0 Å². The van der Waals surface area contributed by atoms with Crippen LogP contribution in [0.3, 0.4) is 0 Å². The summed E-state index contributed by atoms with van der Waals surface area (Å²) in [5, 5.41) is 3.28. The predicted molar refractivity (Wildman–Crippen MR) is 78.6 cm³/mol. The molecule has 6 heteroatoms. The smallest absolute Gasteiger partial charge is 0.299 e. The molecule has 0 radical (unpaired) electrons. The van der Waals surface area contributed by atoms with Gasteiger partial charge in [-0.1, -0.05) is 19.9 Å². The minimum atomic E-state index is -3.48.